The van der Waals surface area contributed by atoms with Crippen LogP contribution in [0.5, 0.6) is 0 Å². The molecular formula is C24H29N7O. The predicted octanol–water partition coefficient (Wildman–Crippen LogP) is 2.48. The van der Waals surface area contributed by atoms with Crippen molar-refractivity contribution >= 4 is 29.1 Å². The molecule has 2 aromatic carbocycles. The molecule has 2 aliphatic rings. The van der Waals surface area contributed by atoms with E-state index in [4.69, 9.17) is 22.3 Å². The number of carbonyl (C=O) groups is 1. The molecule has 0 atom stereocenters. The van der Waals surface area contributed by atoms with Gasteiger partial charge in [-0.3, -0.25) is 15.6 Å². The third-order valence-electron chi connectivity index (χ3n) is 6.20. The number of nitrogens with zero attached hydrogens (tertiary/aromatic N) is 2. The van der Waals surface area contributed by atoms with Crippen LogP contribution in [0.3, 0.4) is 0 Å². The summed E-state index contributed by atoms with van der Waals surface area (Å²) in [5.41, 5.74) is 18.3. The molecule has 2 aromatic rings. The highest BCUT2D eigenvalue weighted by Crippen LogP contribution is 2.27. The van der Waals surface area contributed by atoms with Gasteiger partial charge in [0.05, 0.1) is 0 Å². The molecule has 0 unspecified atom stereocenters. The zero-order valence-corrected chi connectivity index (χ0v) is 18.2. The quantitative estimate of drug-likeness (QED) is 0.376. The van der Waals surface area contributed by atoms with Gasteiger partial charge in [0.1, 0.15) is 0 Å². The molecule has 2 aliphatic heterocycles. The number of nitrogens with two attached hydrogens (primary N) is 2. The van der Waals surface area contributed by atoms with Gasteiger partial charge in [0.2, 0.25) is 0 Å². The molecule has 0 saturated heterocycles. The Kier molecular flexibility index (Phi) is 5.85. The number of amides is 1. The fourth-order valence-corrected chi connectivity index (χ4v) is 4.34. The maximum atomic E-state index is 12.9. The molecule has 8 heteroatoms. The third-order valence-corrected chi connectivity index (χ3v) is 6.20. The van der Waals surface area contributed by atoms with Crippen LogP contribution in [0, 0.1) is 17.7 Å². The van der Waals surface area contributed by atoms with Crippen molar-refractivity contribution in [2.45, 2.75) is 26.3 Å². The maximum Gasteiger partial charge on any atom is 0.255 e. The first-order valence-corrected chi connectivity index (χ1v) is 10.7. The lowest BCUT2D eigenvalue weighted by Crippen LogP contribution is -2.40. The lowest BCUT2D eigenvalue weighted by molar-refractivity contribution is 0.102. The number of guanidine groups is 2. The van der Waals surface area contributed by atoms with Gasteiger partial charge < -0.3 is 26.6 Å². The minimum atomic E-state index is -0.158. The Morgan fingerprint density at radius 2 is 1.72 bits per heavy atom. The molecule has 0 radical (unpaired) electrons. The molecular weight excluding hydrogens is 402 g/mol. The first-order valence-electron chi connectivity index (χ1n) is 10.7. The Balaban J connectivity index is 1.46. The third kappa shape index (κ3) is 4.44. The fourth-order valence-electron chi connectivity index (χ4n) is 4.34. The highest BCUT2D eigenvalue weighted by Gasteiger charge is 2.19. The maximum absolute atomic E-state index is 12.9. The smallest absolute Gasteiger partial charge is 0.255 e. The van der Waals surface area contributed by atoms with E-state index in [1.54, 1.807) is 0 Å². The Bertz CT molecular complexity index is 1120. The molecule has 32 heavy (non-hydrogen) atoms. The Hall–Kier alpha value is -3.81. The Labute approximate surface area is 187 Å². The average molecular weight is 432 g/mol. The number of carbonyl (C=O) groups excluding carboxylic acids is 1. The fraction of sp³-hybridized carbons (Fsp3) is 0.292. The van der Waals surface area contributed by atoms with E-state index >= 15 is 0 Å². The van der Waals surface area contributed by atoms with E-state index in [2.05, 4.69) is 11.4 Å². The standard InChI is InChI=1S/C24H29N7O/c1-15-12-20(4-5-21(15)17-7-9-30(10-8-17)23(25)26)29-22(32)18-3-2-16-6-11-31(24(27)28)14-19(16)13-18/h2-5,7,12-13H,6,8-11,14H2,1H3,(H3,25,26)(H3,27,28)(H,29,32). The van der Waals surface area contributed by atoms with Gasteiger partial charge >= 0.3 is 0 Å². The van der Waals surface area contributed by atoms with E-state index in [1.165, 1.54) is 11.1 Å². The molecule has 8 nitrogen and oxygen atoms in total. The molecule has 0 spiro atoms. The SMILES string of the molecule is Cc1cc(NC(=O)c2ccc3c(c2)CN(C(=N)N)CC3)ccc1C1=CCN(C(=N)N)CC1. The van der Waals surface area contributed by atoms with Crippen LogP contribution in [0.25, 0.3) is 5.57 Å². The zero-order valence-electron chi connectivity index (χ0n) is 18.2. The second-order valence-electron chi connectivity index (χ2n) is 8.33. The summed E-state index contributed by atoms with van der Waals surface area (Å²) in [5, 5.41) is 18.2. The lowest BCUT2D eigenvalue weighted by atomic mass is 9.95. The van der Waals surface area contributed by atoms with Gasteiger partial charge in [-0.25, -0.2) is 0 Å². The van der Waals surface area contributed by atoms with Gasteiger partial charge in [-0.2, -0.15) is 0 Å². The number of benzene rings is 2. The molecule has 0 aliphatic carbocycles. The number of hydrogen-bond donors (Lipinski definition) is 5. The van der Waals surface area contributed by atoms with Crippen LogP contribution in [0.2, 0.25) is 0 Å². The highest BCUT2D eigenvalue weighted by atomic mass is 16.1. The van der Waals surface area contributed by atoms with Crippen LogP contribution < -0.4 is 16.8 Å². The van der Waals surface area contributed by atoms with Crippen LogP contribution in [0.4, 0.5) is 5.69 Å². The lowest BCUT2D eigenvalue weighted by Gasteiger charge is -2.29. The number of rotatable bonds is 3. The summed E-state index contributed by atoms with van der Waals surface area (Å²) in [6, 6.07) is 11.7. The van der Waals surface area contributed by atoms with Crippen molar-refractivity contribution in [3.8, 4) is 0 Å². The molecule has 0 aromatic heterocycles. The highest BCUT2D eigenvalue weighted by molar-refractivity contribution is 6.04. The van der Waals surface area contributed by atoms with Gasteiger partial charge in [-0.15, -0.1) is 0 Å². The molecule has 7 N–H and O–H groups in total. The van der Waals surface area contributed by atoms with Gasteiger partial charge in [0, 0.05) is 37.4 Å². The van der Waals surface area contributed by atoms with Gasteiger partial charge in [-0.05, 0) is 71.9 Å². The number of hydrogen-bond acceptors (Lipinski definition) is 3. The topological polar surface area (TPSA) is 135 Å². The van der Waals surface area contributed by atoms with Crippen LogP contribution in [-0.2, 0) is 13.0 Å². The molecule has 2 heterocycles. The van der Waals surface area contributed by atoms with Crippen molar-refractivity contribution in [1.82, 2.24) is 9.80 Å². The van der Waals surface area contributed by atoms with E-state index in [1.807, 2.05) is 53.1 Å². The molecule has 0 fully saturated rings. The average Bonchev–Trinajstić information content (AvgIpc) is 2.78. The first kappa shape index (κ1) is 21.4. The molecule has 1 amide bonds. The number of nitrogens with one attached hydrogen (secondary N) is 3. The summed E-state index contributed by atoms with van der Waals surface area (Å²) >= 11 is 0. The van der Waals surface area contributed by atoms with Crippen molar-refractivity contribution < 1.29 is 4.79 Å². The zero-order chi connectivity index (χ0) is 22.8. The predicted molar refractivity (Wildman–Crippen MR) is 128 cm³/mol. The van der Waals surface area contributed by atoms with Crippen LogP contribution >= 0.6 is 0 Å². The van der Waals surface area contributed by atoms with Crippen molar-refractivity contribution in [3.05, 3.63) is 70.3 Å². The summed E-state index contributed by atoms with van der Waals surface area (Å²) in [6.45, 7) is 4.69. The van der Waals surface area contributed by atoms with Crippen molar-refractivity contribution in [1.29, 1.82) is 10.8 Å². The molecule has 166 valence electrons. The van der Waals surface area contributed by atoms with Gasteiger partial charge in [0.25, 0.3) is 5.91 Å². The minimum Gasteiger partial charge on any atom is -0.370 e. The second kappa shape index (κ2) is 8.74. The number of anilines is 1. The van der Waals surface area contributed by atoms with E-state index < -0.39 is 0 Å². The Morgan fingerprint density at radius 3 is 2.38 bits per heavy atom. The summed E-state index contributed by atoms with van der Waals surface area (Å²) in [6.07, 6.45) is 3.76. The van der Waals surface area contributed by atoms with Crippen molar-refractivity contribution in [2.75, 3.05) is 25.0 Å². The number of aryl methyl sites for hydroxylation is 1. The largest absolute Gasteiger partial charge is 0.370 e. The van der Waals surface area contributed by atoms with E-state index in [0.29, 0.717) is 18.7 Å². The molecule has 0 saturated carbocycles. The minimum absolute atomic E-state index is 0.0585. The summed E-state index contributed by atoms with van der Waals surface area (Å²) in [5.74, 6) is 0.00305. The van der Waals surface area contributed by atoms with Crippen LogP contribution in [0.15, 0.2) is 42.5 Å². The molecule has 4 rings (SSSR count). The van der Waals surface area contributed by atoms with Crippen molar-refractivity contribution in [3.63, 3.8) is 0 Å². The van der Waals surface area contributed by atoms with E-state index in [9.17, 15) is 4.79 Å². The van der Waals surface area contributed by atoms with Gasteiger partial charge in [-0.1, -0.05) is 18.2 Å². The normalized spacial score (nSPS) is 15.6. The van der Waals surface area contributed by atoms with E-state index in [0.717, 1.165) is 48.3 Å². The monoisotopic (exact) mass is 431 g/mol. The first-order chi connectivity index (χ1) is 15.3. The van der Waals surface area contributed by atoms with E-state index in [-0.39, 0.29) is 17.8 Å². The van der Waals surface area contributed by atoms with Crippen LogP contribution in [-0.4, -0.2) is 47.3 Å². The molecule has 0 bridgehead atoms. The number of fused-ring (bicyclic) bond motifs is 1. The Morgan fingerprint density at radius 1 is 0.969 bits per heavy atom. The van der Waals surface area contributed by atoms with Crippen molar-refractivity contribution in [2.24, 2.45) is 11.5 Å². The summed E-state index contributed by atoms with van der Waals surface area (Å²) in [7, 11) is 0. The summed E-state index contributed by atoms with van der Waals surface area (Å²) < 4.78 is 0. The van der Waals surface area contributed by atoms with Gasteiger partial charge in [0.15, 0.2) is 11.9 Å². The second-order valence-corrected chi connectivity index (χ2v) is 8.33. The summed E-state index contributed by atoms with van der Waals surface area (Å²) in [4.78, 5) is 16.5. The van der Waals surface area contributed by atoms with Crippen LogP contribution in [0.1, 0.15) is 39.0 Å².